The topological polar surface area (TPSA) is 17.1 Å². The lowest BCUT2D eigenvalue weighted by atomic mass is 9.80. The third-order valence-corrected chi connectivity index (χ3v) is 3.62. The van der Waals surface area contributed by atoms with Gasteiger partial charge in [-0.25, -0.2) is 0 Å². The molecule has 2 rings (SSSR count). The molecule has 0 aromatic heterocycles. The number of aldehydes is 1. The predicted octanol–water partition coefficient (Wildman–Crippen LogP) is 4.22. The first kappa shape index (κ1) is 12.6. The fourth-order valence-electron chi connectivity index (χ4n) is 2.04. The van der Waals surface area contributed by atoms with Crippen molar-refractivity contribution in [2.45, 2.75) is 25.7 Å². The molecule has 0 heterocycles. The van der Waals surface area contributed by atoms with Crippen LogP contribution in [0.15, 0.2) is 54.6 Å². The Hall–Kier alpha value is -1.89. The molecule has 0 fully saturated rings. The summed E-state index contributed by atoms with van der Waals surface area (Å²) in [6.07, 6.45) is 1.87. The molecule has 0 amide bonds. The molecule has 0 aliphatic carbocycles. The van der Waals surface area contributed by atoms with E-state index < -0.39 is 0 Å². The van der Waals surface area contributed by atoms with Crippen molar-refractivity contribution in [2.75, 3.05) is 0 Å². The molecule has 2 aromatic carbocycles. The van der Waals surface area contributed by atoms with Crippen LogP contribution in [0.5, 0.6) is 0 Å². The zero-order chi connectivity index (χ0) is 13.0. The summed E-state index contributed by atoms with van der Waals surface area (Å²) in [6, 6.07) is 18.5. The van der Waals surface area contributed by atoms with E-state index in [2.05, 4.69) is 24.3 Å². The molecule has 0 spiro atoms. The van der Waals surface area contributed by atoms with Crippen molar-refractivity contribution in [3.05, 3.63) is 60.2 Å². The second-order valence-electron chi connectivity index (χ2n) is 4.84. The van der Waals surface area contributed by atoms with E-state index in [0.717, 1.165) is 23.8 Å². The van der Waals surface area contributed by atoms with Gasteiger partial charge < -0.3 is 4.79 Å². The number of rotatable bonds is 4. The van der Waals surface area contributed by atoms with Crippen LogP contribution in [0.25, 0.3) is 11.1 Å². The van der Waals surface area contributed by atoms with E-state index in [4.69, 9.17) is 0 Å². The summed E-state index contributed by atoms with van der Waals surface area (Å²) in [7, 11) is 0. The Kier molecular flexibility index (Phi) is 3.61. The van der Waals surface area contributed by atoms with Crippen LogP contribution in [-0.4, -0.2) is 6.29 Å². The maximum Gasteiger partial charge on any atom is 0.130 e. The Morgan fingerprint density at radius 2 is 1.67 bits per heavy atom. The third kappa shape index (κ3) is 2.35. The van der Waals surface area contributed by atoms with Crippen LogP contribution < -0.4 is 0 Å². The van der Waals surface area contributed by atoms with Crippen molar-refractivity contribution in [1.82, 2.24) is 0 Å². The number of benzene rings is 2. The maximum atomic E-state index is 11.3. The summed E-state index contributed by atoms with van der Waals surface area (Å²) in [4.78, 5) is 11.3. The van der Waals surface area contributed by atoms with Crippen LogP contribution >= 0.6 is 0 Å². The second kappa shape index (κ2) is 5.18. The molecule has 1 nitrogen and oxygen atoms in total. The minimum absolute atomic E-state index is 0.384. The first-order valence-corrected chi connectivity index (χ1v) is 6.32. The average Bonchev–Trinajstić information content (AvgIpc) is 2.47. The molecule has 92 valence electrons. The molecule has 0 N–H and O–H groups in total. The largest absolute Gasteiger partial charge is 0.302 e. The molecule has 0 radical (unpaired) electrons. The van der Waals surface area contributed by atoms with Gasteiger partial charge in [-0.2, -0.15) is 0 Å². The Labute approximate surface area is 108 Å². The Morgan fingerprint density at radius 1 is 1.00 bits per heavy atom. The first-order chi connectivity index (χ1) is 8.69. The quantitative estimate of drug-likeness (QED) is 0.729. The highest BCUT2D eigenvalue weighted by Gasteiger charge is 2.23. The van der Waals surface area contributed by atoms with Crippen LogP contribution in [0.4, 0.5) is 0 Å². The van der Waals surface area contributed by atoms with Gasteiger partial charge in [0.15, 0.2) is 0 Å². The molecular formula is C17H18O. The minimum atomic E-state index is -0.384. The van der Waals surface area contributed by atoms with Crippen molar-refractivity contribution in [3.8, 4) is 11.1 Å². The molecule has 18 heavy (non-hydrogen) atoms. The molecular weight excluding hydrogens is 220 g/mol. The predicted molar refractivity (Wildman–Crippen MR) is 75.6 cm³/mol. The van der Waals surface area contributed by atoms with E-state index in [1.807, 2.05) is 44.2 Å². The van der Waals surface area contributed by atoms with Crippen LogP contribution in [0, 0.1) is 0 Å². The summed E-state index contributed by atoms with van der Waals surface area (Å²) >= 11 is 0. The number of hydrogen-bond donors (Lipinski definition) is 0. The first-order valence-electron chi connectivity index (χ1n) is 6.32. The van der Waals surface area contributed by atoms with E-state index >= 15 is 0 Å². The lowest BCUT2D eigenvalue weighted by Gasteiger charge is -2.22. The number of carbonyl (C=O) groups is 1. The molecule has 0 saturated carbocycles. The fourth-order valence-corrected chi connectivity index (χ4v) is 2.04. The second-order valence-corrected chi connectivity index (χ2v) is 4.84. The van der Waals surface area contributed by atoms with Crippen LogP contribution in [0.2, 0.25) is 0 Å². The highest BCUT2D eigenvalue weighted by Crippen LogP contribution is 2.29. The summed E-state index contributed by atoms with van der Waals surface area (Å²) in [5, 5.41) is 0. The van der Waals surface area contributed by atoms with Gasteiger partial charge in [-0.3, -0.25) is 0 Å². The van der Waals surface area contributed by atoms with Crippen LogP contribution in [0.1, 0.15) is 25.8 Å². The van der Waals surface area contributed by atoms with Gasteiger partial charge >= 0.3 is 0 Å². The molecule has 0 aliphatic heterocycles. The standard InChI is InChI=1S/C17H18O/c1-3-17(2,13-18)16-11-7-10-15(12-16)14-8-5-4-6-9-14/h4-13H,3H2,1-2H3. The van der Waals surface area contributed by atoms with Crippen LogP contribution in [-0.2, 0) is 10.2 Å². The van der Waals surface area contributed by atoms with Crippen molar-refractivity contribution in [2.24, 2.45) is 0 Å². The lowest BCUT2D eigenvalue weighted by molar-refractivity contribution is -0.112. The minimum Gasteiger partial charge on any atom is -0.302 e. The highest BCUT2D eigenvalue weighted by molar-refractivity contribution is 5.71. The summed E-state index contributed by atoms with van der Waals surface area (Å²) in [5.74, 6) is 0. The molecule has 1 unspecified atom stereocenters. The van der Waals surface area contributed by atoms with Gasteiger partial charge in [-0.05, 0) is 30.0 Å². The monoisotopic (exact) mass is 238 g/mol. The summed E-state index contributed by atoms with van der Waals surface area (Å²) in [6.45, 7) is 4.04. The molecule has 0 saturated heterocycles. The smallest absolute Gasteiger partial charge is 0.130 e. The van der Waals surface area contributed by atoms with Gasteiger partial charge in [0, 0.05) is 5.41 Å². The Bertz CT molecular complexity index is 530. The van der Waals surface area contributed by atoms with Gasteiger partial charge in [0.2, 0.25) is 0 Å². The number of hydrogen-bond acceptors (Lipinski definition) is 1. The molecule has 0 bridgehead atoms. The average molecular weight is 238 g/mol. The molecule has 1 heteroatoms. The molecule has 2 aromatic rings. The third-order valence-electron chi connectivity index (χ3n) is 3.62. The Morgan fingerprint density at radius 3 is 2.28 bits per heavy atom. The zero-order valence-electron chi connectivity index (χ0n) is 10.9. The van der Waals surface area contributed by atoms with Gasteiger partial charge in [-0.1, -0.05) is 61.5 Å². The highest BCUT2D eigenvalue weighted by atomic mass is 16.1. The van der Waals surface area contributed by atoms with Crippen molar-refractivity contribution in [1.29, 1.82) is 0 Å². The van der Waals surface area contributed by atoms with Crippen molar-refractivity contribution >= 4 is 6.29 Å². The molecule has 1 atom stereocenters. The fraction of sp³-hybridized carbons (Fsp3) is 0.235. The van der Waals surface area contributed by atoms with Gasteiger partial charge in [0.05, 0.1) is 0 Å². The zero-order valence-corrected chi connectivity index (χ0v) is 10.9. The Balaban J connectivity index is 2.46. The number of carbonyl (C=O) groups excluding carboxylic acids is 1. The van der Waals surface area contributed by atoms with E-state index in [1.165, 1.54) is 5.56 Å². The van der Waals surface area contributed by atoms with E-state index in [9.17, 15) is 4.79 Å². The SMILES string of the molecule is CCC(C)(C=O)c1cccc(-c2ccccc2)c1. The van der Waals surface area contributed by atoms with Crippen molar-refractivity contribution in [3.63, 3.8) is 0 Å². The molecule has 0 aliphatic rings. The van der Waals surface area contributed by atoms with Crippen molar-refractivity contribution < 1.29 is 4.79 Å². The maximum absolute atomic E-state index is 11.3. The van der Waals surface area contributed by atoms with Crippen LogP contribution in [0.3, 0.4) is 0 Å². The van der Waals surface area contributed by atoms with Gasteiger partial charge in [0.25, 0.3) is 0 Å². The lowest BCUT2D eigenvalue weighted by Crippen LogP contribution is -2.22. The summed E-state index contributed by atoms with van der Waals surface area (Å²) in [5.41, 5.74) is 3.05. The normalized spacial score (nSPS) is 13.9. The van der Waals surface area contributed by atoms with Gasteiger partial charge in [-0.15, -0.1) is 0 Å². The van der Waals surface area contributed by atoms with E-state index in [0.29, 0.717) is 0 Å². The van der Waals surface area contributed by atoms with E-state index in [-0.39, 0.29) is 5.41 Å². The van der Waals surface area contributed by atoms with Gasteiger partial charge in [0.1, 0.15) is 6.29 Å². The summed E-state index contributed by atoms with van der Waals surface area (Å²) < 4.78 is 0. The van der Waals surface area contributed by atoms with E-state index in [1.54, 1.807) is 0 Å².